The Morgan fingerprint density at radius 1 is 1.37 bits per heavy atom. The van der Waals surface area contributed by atoms with Gasteiger partial charge in [-0.2, -0.15) is 0 Å². The number of aromatic nitrogens is 1. The van der Waals surface area contributed by atoms with Gasteiger partial charge in [-0.3, -0.25) is 4.98 Å². The van der Waals surface area contributed by atoms with Crippen molar-refractivity contribution in [3.63, 3.8) is 0 Å². The molecular weight excluding hydrogens is 234 g/mol. The maximum Gasteiger partial charge on any atom is 0.0725 e. The Bertz CT molecular complexity index is 559. The molecule has 1 aromatic carbocycles. The van der Waals surface area contributed by atoms with Gasteiger partial charge in [0.2, 0.25) is 0 Å². The van der Waals surface area contributed by atoms with Crippen LogP contribution in [-0.2, 0) is 0 Å². The third-order valence-corrected chi connectivity index (χ3v) is 3.81. The Balaban J connectivity index is 1.72. The van der Waals surface area contributed by atoms with Crippen molar-refractivity contribution in [2.75, 3.05) is 18.4 Å². The summed E-state index contributed by atoms with van der Waals surface area (Å²) in [5.41, 5.74) is 3.35. The van der Waals surface area contributed by atoms with Gasteiger partial charge in [0.15, 0.2) is 0 Å². The number of benzene rings is 1. The van der Waals surface area contributed by atoms with Crippen molar-refractivity contribution >= 4 is 16.6 Å². The SMILES string of the molecule is Cc1cc(NCC[C@H]2CCCN2)c2ccccc2n1. The summed E-state index contributed by atoms with van der Waals surface area (Å²) in [5, 5.41) is 8.33. The molecule has 3 rings (SSSR count). The number of fused-ring (bicyclic) bond motifs is 1. The molecule has 0 saturated carbocycles. The van der Waals surface area contributed by atoms with Gasteiger partial charge in [0.1, 0.15) is 0 Å². The Hall–Kier alpha value is -1.61. The molecule has 1 atom stereocenters. The molecular formula is C16H21N3. The maximum absolute atomic E-state index is 4.57. The molecule has 100 valence electrons. The molecule has 1 saturated heterocycles. The van der Waals surface area contributed by atoms with Gasteiger partial charge in [-0.25, -0.2) is 0 Å². The Morgan fingerprint density at radius 2 is 2.26 bits per heavy atom. The smallest absolute Gasteiger partial charge is 0.0725 e. The van der Waals surface area contributed by atoms with Crippen LogP contribution in [0.1, 0.15) is 25.0 Å². The summed E-state index contributed by atoms with van der Waals surface area (Å²) in [6.45, 7) is 4.25. The number of pyridine rings is 1. The number of aryl methyl sites for hydroxylation is 1. The molecule has 0 bridgehead atoms. The number of anilines is 1. The fraction of sp³-hybridized carbons (Fsp3) is 0.438. The zero-order valence-electron chi connectivity index (χ0n) is 11.4. The number of nitrogens with zero attached hydrogens (tertiary/aromatic N) is 1. The van der Waals surface area contributed by atoms with E-state index in [0.717, 1.165) is 17.8 Å². The van der Waals surface area contributed by atoms with Gasteiger partial charge in [0.05, 0.1) is 5.52 Å². The van der Waals surface area contributed by atoms with Crippen LogP contribution in [-0.4, -0.2) is 24.1 Å². The van der Waals surface area contributed by atoms with E-state index < -0.39 is 0 Å². The number of hydrogen-bond donors (Lipinski definition) is 2. The van der Waals surface area contributed by atoms with Crippen LogP contribution in [0.2, 0.25) is 0 Å². The molecule has 2 aromatic rings. The lowest BCUT2D eigenvalue weighted by Gasteiger charge is -2.13. The van der Waals surface area contributed by atoms with E-state index in [1.807, 2.05) is 6.07 Å². The minimum absolute atomic E-state index is 0.696. The normalized spacial score (nSPS) is 18.9. The first-order valence-electron chi connectivity index (χ1n) is 7.16. The monoisotopic (exact) mass is 255 g/mol. The number of rotatable bonds is 4. The molecule has 1 aliphatic rings. The van der Waals surface area contributed by atoms with Gasteiger partial charge >= 0.3 is 0 Å². The van der Waals surface area contributed by atoms with Crippen molar-refractivity contribution < 1.29 is 0 Å². The first-order valence-corrected chi connectivity index (χ1v) is 7.16. The Labute approximate surface area is 114 Å². The summed E-state index contributed by atoms with van der Waals surface area (Å²) in [6, 6.07) is 11.2. The van der Waals surface area contributed by atoms with Crippen molar-refractivity contribution in [2.45, 2.75) is 32.2 Å². The van der Waals surface area contributed by atoms with Gasteiger partial charge in [0, 0.05) is 29.4 Å². The third kappa shape index (κ3) is 2.87. The quantitative estimate of drug-likeness (QED) is 0.881. The highest BCUT2D eigenvalue weighted by molar-refractivity contribution is 5.91. The minimum Gasteiger partial charge on any atom is -0.384 e. The van der Waals surface area contributed by atoms with Crippen LogP contribution in [0, 0.1) is 6.92 Å². The van der Waals surface area contributed by atoms with Crippen molar-refractivity contribution in [1.82, 2.24) is 10.3 Å². The molecule has 1 fully saturated rings. The highest BCUT2D eigenvalue weighted by Crippen LogP contribution is 2.23. The Morgan fingerprint density at radius 3 is 3.11 bits per heavy atom. The van der Waals surface area contributed by atoms with Gasteiger partial charge in [-0.05, 0) is 44.9 Å². The van der Waals surface area contributed by atoms with Crippen LogP contribution in [0.3, 0.4) is 0 Å². The summed E-state index contributed by atoms with van der Waals surface area (Å²) in [4.78, 5) is 4.57. The second-order valence-corrected chi connectivity index (χ2v) is 5.34. The lowest BCUT2D eigenvalue weighted by molar-refractivity contribution is 0.574. The Kier molecular flexibility index (Phi) is 3.65. The molecule has 19 heavy (non-hydrogen) atoms. The molecule has 0 spiro atoms. The first-order chi connectivity index (χ1) is 9.33. The fourth-order valence-corrected chi connectivity index (χ4v) is 2.84. The predicted molar refractivity (Wildman–Crippen MR) is 80.6 cm³/mol. The van der Waals surface area contributed by atoms with Gasteiger partial charge in [-0.15, -0.1) is 0 Å². The molecule has 2 heterocycles. The van der Waals surface area contributed by atoms with Crippen molar-refractivity contribution in [2.24, 2.45) is 0 Å². The molecule has 2 N–H and O–H groups in total. The highest BCUT2D eigenvalue weighted by Gasteiger charge is 2.13. The topological polar surface area (TPSA) is 37.0 Å². The molecule has 1 aromatic heterocycles. The van der Waals surface area contributed by atoms with Gasteiger partial charge < -0.3 is 10.6 Å². The predicted octanol–water partition coefficient (Wildman–Crippen LogP) is 3.10. The largest absolute Gasteiger partial charge is 0.384 e. The van der Waals surface area contributed by atoms with Crippen LogP contribution < -0.4 is 10.6 Å². The number of nitrogens with one attached hydrogen (secondary N) is 2. The van der Waals surface area contributed by atoms with E-state index in [1.54, 1.807) is 0 Å². The lowest BCUT2D eigenvalue weighted by Crippen LogP contribution is -2.24. The van der Waals surface area contributed by atoms with Gasteiger partial charge in [-0.1, -0.05) is 18.2 Å². The first kappa shape index (κ1) is 12.4. The van der Waals surface area contributed by atoms with E-state index in [2.05, 4.69) is 46.8 Å². The summed E-state index contributed by atoms with van der Waals surface area (Å²) < 4.78 is 0. The molecule has 3 heteroatoms. The average Bonchev–Trinajstić information content (AvgIpc) is 2.91. The number of hydrogen-bond acceptors (Lipinski definition) is 3. The molecule has 0 aliphatic carbocycles. The zero-order valence-corrected chi connectivity index (χ0v) is 11.4. The van der Waals surface area contributed by atoms with E-state index in [1.165, 1.54) is 36.9 Å². The summed E-state index contributed by atoms with van der Waals surface area (Å²) in [6.07, 6.45) is 3.83. The van der Waals surface area contributed by atoms with Crippen molar-refractivity contribution in [1.29, 1.82) is 0 Å². The third-order valence-electron chi connectivity index (χ3n) is 3.81. The van der Waals surface area contributed by atoms with E-state index in [-0.39, 0.29) is 0 Å². The van der Waals surface area contributed by atoms with Crippen LogP contribution >= 0.6 is 0 Å². The lowest BCUT2D eigenvalue weighted by atomic mass is 10.1. The average molecular weight is 255 g/mol. The zero-order chi connectivity index (χ0) is 13.1. The summed E-state index contributed by atoms with van der Waals surface area (Å²) in [5.74, 6) is 0. The van der Waals surface area contributed by atoms with Crippen LogP contribution in [0.25, 0.3) is 10.9 Å². The van der Waals surface area contributed by atoms with Crippen LogP contribution in [0.4, 0.5) is 5.69 Å². The van der Waals surface area contributed by atoms with Crippen molar-refractivity contribution in [3.05, 3.63) is 36.0 Å². The van der Waals surface area contributed by atoms with E-state index in [0.29, 0.717) is 6.04 Å². The summed E-state index contributed by atoms with van der Waals surface area (Å²) >= 11 is 0. The highest BCUT2D eigenvalue weighted by atomic mass is 15.0. The number of para-hydroxylation sites is 1. The molecule has 1 aliphatic heterocycles. The van der Waals surface area contributed by atoms with E-state index in [4.69, 9.17) is 0 Å². The van der Waals surface area contributed by atoms with E-state index >= 15 is 0 Å². The fourth-order valence-electron chi connectivity index (χ4n) is 2.84. The molecule has 0 amide bonds. The molecule has 0 unspecified atom stereocenters. The maximum atomic E-state index is 4.57. The second kappa shape index (κ2) is 5.57. The minimum atomic E-state index is 0.696. The summed E-state index contributed by atoms with van der Waals surface area (Å²) in [7, 11) is 0. The van der Waals surface area contributed by atoms with Crippen molar-refractivity contribution in [3.8, 4) is 0 Å². The standard InChI is InChI=1S/C16H21N3/c1-12-11-16(14-6-2-3-7-15(14)19-12)18-10-8-13-5-4-9-17-13/h2-3,6-7,11,13,17H,4-5,8-10H2,1H3,(H,18,19)/t13-/m1/s1. The molecule has 3 nitrogen and oxygen atoms in total. The molecule has 0 radical (unpaired) electrons. The van der Waals surface area contributed by atoms with E-state index in [9.17, 15) is 0 Å². The second-order valence-electron chi connectivity index (χ2n) is 5.34. The van der Waals surface area contributed by atoms with Crippen LogP contribution in [0.5, 0.6) is 0 Å². The van der Waals surface area contributed by atoms with Gasteiger partial charge in [0.25, 0.3) is 0 Å². The van der Waals surface area contributed by atoms with Crippen LogP contribution in [0.15, 0.2) is 30.3 Å².